The van der Waals surface area contributed by atoms with E-state index in [1.165, 1.54) is 5.56 Å². The van der Waals surface area contributed by atoms with Gasteiger partial charge in [-0.15, -0.1) is 0 Å². The maximum atomic E-state index is 6.09. The maximum absolute atomic E-state index is 6.09. The van der Waals surface area contributed by atoms with E-state index in [9.17, 15) is 0 Å². The summed E-state index contributed by atoms with van der Waals surface area (Å²) in [5, 5.41) is 0.774. The van der Waals surface area contributed by atoms with Crippen LogP contribution in [0, 0.1) is 5.92 Å². The van der Waals surface area contributed by atoms with E-state index in [0.29, 0.717) is 12.0 Å². The summed E-state index contributed by atoms with van der Waals surface area (Å²) in [6.07, 6.45) is 1.56. The highest BCUT2D eigenvalue weighted by atomic mass is 127. The normalized spacial score (nSPS) is 14.9. The van der Waals surface area contributed by atoms with Gasteiger partial charge in [-0.05, 0) is 37.0 Å². The van der Waals surface area contributed by atoms with Crippen molar-refractivity contribution in [1.29, 1.82) is 0 Å². The van der Waals surface area contributed by atoms with E-state index in [4.69, 9.17) is 16.3 Å². The summed E-state index contributed by atoms with van der Waals surface area (Å²) in [7, 11) is 0. The van der Waals surface area contributed by atoms with Crippen LogP contribution in [0.5, 0.6) is 0 Å². The van der Waals surface area contributed by atoms with Crippen molar-refractivity contribution in [1.82, 2.24) is 0 Å². The largest absolute Gasteiger partial charge is 0.370 e. The predicted octanol–water partition coefficient (Wildman–Crippen LogP) is 5.27. The third-order valence-electron chi connectivity index (χ3n) is 2.58. The van der Waals surface area contributed by atoms with Gasteiger partial charge in [-0.1, -0.05) is 60.2 Å². The van der Waals surface area contributed by atoms with Crippen LogP contribution in [0.2, 0.25) is 5.02 Å². The maximum Gasteiger partial charge on any atom is 0.0917 e. The van der Waals surface area contributed by atoms with E-state index in [1.807, 2.05) is 24.3 Å². The topological polar surface area (TPSA) is 9.23 Å². The molecule has 0 aliphatic heterocycles. The first-order valence-corrected chi connectivity index (χ1v) is 7.90. The van der Waals surface area contributed by atoms with Gasteiger partial charge in [-0.25, -0.2) is 0 Å². The summed E-state index contributed by atoms with van der Waals surface area (Å²) in [5.41, 5.74) is 1.21. The molecule has 0 saturated carbocycles. The van der Waals surface area contributed by atoms with Gasteiger partial charge in [0.2, 0.25) is 0 Å². The third kappa shape index (κ3) is 5.58. The molecule has 0 aliphatic rings. The summed E-state index contributed by atoms with van der Waals surface area (Å²) >= 11 is 8.26. The molecule has 3 heteroatoms. The fraction of sp³-hybridized carbons (Fsp3) is 0.571. The first-order valence-electron chi connectivity index (χ1n) is 5.99. The Balaban J connectivity index is 2.62. The van der Waals surface area contributed by atoms with Crippen LogP contribution in [-0.2, 0) is 4.74 Å². The molecular weight excluding hydrogens is 347 g/mol. The Morgan fingerprint density at radius 2 is 1.76 bits per heavy atom. The number of halogens is 2. The molecular formula is C14H20ClIO. The summed E-state index contributed by atoms with van der Waals surface area (Å²) in [5.74, 6) is 0.671. The molecule has 1 aromatic carbocycles. The van der Waals surface area contributed by atoms with Gasteiger partial charge in [0, 0.05) is 9.45 Å². The van der Waals surface area contributed by atoms with Crippen LogP contribution in [0.3, 0.4) is 0 Å². The molecule has 2 atom stereocenters. The number of rotatable bonds is 6. The van der Waals surface area contributed by atoms with Gasteiger partial charge >= 0.3 is 0 Å². The Labute approximate surface area is 123 Å². The van der Waals surface area contributed by atoms with E-state index >= 15 is 0 Å². The molecule has 0 heterocycles. The van der Waals surface area contributed by atoms with E-state index < -0.39 is 0 Å². The molecule has 0 radical (unpaired) electrons. The van der Waals surface area contributed by atoms with Crippen LogP contribution in [0.4, 0.5) is 0 Å². The second-order valence-electron chi connectivity index (χ2n) is 4.77. The summed E-state index contributed by atoms with van der Waals surface area (Å²) in [6.45, 7) is 6.59. The Morgan fingerprint density at radius 1 is 1.18 bits per heavy atom. The van der Waals surface area contributed by atoms with Gasteiger partial charge in [0.15, 0.2) is 0 Å². The number of ether oxygens (including phenoxy) is 1. The van der Waals surface area contributed by atoms with Gasteiger partial charge in [0.25, 0.3) is 0 Å². The van der Waals surface area contributed by atoms with Gasteiger partial charge < -0.3 is 4.74 Å². The van der Waals surface area contributed by atoms with Crippen LogP contribution in [-0.4, -0.2) is 10.5 Å². The molecule has 0 fully saturated rings. The SMILES string of the molecule is CC(C)CC(C)OC(CI)c1ccc(Cl)cc1. The average Bonchev–Trinajstić information content (AvgIpc) is 2.26. The lowest BCUT2D eigenvalue weighted by molar-refractivity contribution is 0.000877. The molecule has 0 spiro atoms. The Morgan fingerprint density at radius 3 is 2.24 bits per heavy atom. The molecule has 96 valence electrons. The fourth-order valence-corrected chi connectivity index (χ4v) is 2.72. The molecule has 0 bridgehead atoms. The minimum absolute atomic E-state index is 0.168. The zero-order valence-corrected chi connectivity index (χ0v) is 13.5. The molecule has 0 N–H and O–H groups in total. The van der Waals surface area contributed by atoms with Crippen molar-refractivity contribution in [3.8, 4) is 0 Å². The van der Waals surface area contributed by atoms with E-state index in [2.05, 4.69) is 43.4 Å². The summed E-state index contributed by atoms with van der Waals surface area (Å²) in [6, 6.07) is 7.95. The second-order valence-corrected chi connectivity index (χ2v) is 6.09. The smallest absolute Gasteiger partial charge is 0.0917 e. The molecule has 0 saturated heterocycles. The van der Waals surface area contributed by atoms with Crippen molar-refractivity contribution >= 4 is 34.2 Å². The van der Waals surface area contributed by atoms with Crippen molar-refractivity contribution in [3.05, 3.63) is 34.9 Å². The molecule has 0 amide bonds. The van der Waals surface area contributed by atoms with Crippen LogP contribution in [0.1, 0.15) is 38.9 Å². The lowest BCUT2D eigenvalue weighted by Crippen LogP contribution is -2.16. The van der Waals surface area contributed by atoms with Gasteiger partial charge in [-0.2, -0.15) is 0 Å². The highest BCUT2D eigenvalue weighted by Crippen LogP contribution is 2.25. The summed E-state index contributed by atoms with van der Waals surface area (Å²) in [4.78, 5) is 0. The second kappa shape index (κ2) is 7.59. The van der Waals surface area contributed by atoms with Crippen molar-refractivity contribution in [2.24, 2.45) is 5.92 Å². The van der Waals surface area contributed by atoms with Gasteiger partial charge in [0.1, 0.15) is 0 Å². The summed E-state index contributed by atoms with van der Waals surface area (Å²) < 4.78 is 7.05. The molecule has 1 rings (SSSR count). The number of alkyl halides is 1. The van der Waals surface area contributed by atoms with Crippen LogP contribution in [0.25, 0.3) is 0 Å². The average molecular weight is 367 g/mol. The minimum Gasteiger partial charge on any atom is -0.370 e. The van der Waals surface area contributed by atoms with E-state index in [0.717, 1.165) is 15.9 Å². The number of hydrogen-bond donors (Lipinski definition) is 0. The van der Waals surface area contributed by atoms with Crippen LogP contribution in [0.15, 0.2) is 24.3 Å². The quantitative estimate of drug-likeness (QED) is 0.492. The van der Waals surface area contributed by atoms with Crippen molar-refractivity contribution in [3.63, 3.8) is 0 Å². The molecule has 1 aromatic rings. The minimum atomic E-state index is 0.168. The predicted molar refractivity (Wildman–Crippen MR) is 83.1 cm³/mol. The number of hydrogen-bond acceptors (Lipinski definition) is 1. The van der Waals surface area contributed by atoms with E-state index in [1.54, 1.807) is 0 Å². The Kier molecular flexibility index (Phi) is 6.82. The molecule has 17 heavy (non-hydrogen) atoms. The first kappa shape index (κ1) is 15.3. The monoisotopic (exact) mass is 366 g/mol. The molecule has 2 unspecified atom stereocenters. The molecule has 0 aliphatic carbocycles. The van der Waals surface area contributed by atoms with Crippen molar-refractivity contribution in [2.75, 3.05) is 4.43 Å². The zero-order chi connectivity index (χ0) is 12.8. The zero-order valence-electron chi connectivity index (χ0n) is 10.6. The van der Waals surface area contributed by atoms with Crippen LogP contribution < -0.4 is 0 Å². The highest BCUT2D eigenvalue weighted by Gasteiger charge is 2.15. The lowest BCUT2D eigenvalue weighted by Gasteiger charge is -2.22. The molecule has 1 nitrogen and oxygen atoms in total. The number of benzene rings is 1. The van der Waals surface area contributed by atoms with Gasteiger partial charge in [-0.3, -0.25) is 0 Å². The Hall–Kier alpha value is 0.200. The standard InChI is InChI=1S/C14H20ClIO/c1-10(2)8-11(3)17-14(9-16)12-4-6-13(15)7-5-12/h4-7,10-11,14H,8-9H2,1-3H3. The first-order chi connectivity index (χ1) is 8.02. The van der Waals surface area contributed by atoms with Crippen LogP contribution >= 0.6 is 34.2 Å². The van der Waals surface area contributed by atoms with E-state index in [-0.39, 0.29) is 6.10 Å². The lowest BCUT2D eigenvalue weighted by atomic mass is 10.1. The third-order valence-corrected chi connectivity index (χ3v) is 3.63. The van der Waals surface area contributed by atoms with Crippen molar-refractivity contribution in [2.45, 2.75) is 39.4 Å². The highest BCUT2D eigenvalue weighted by molar-refractivity contribution is 14.1. The van der Waals surface area contributed by atoms with Gasteiger partial charge in [0.05, 0.1) is 12.2 Å². The fourth-order valence-electron chi connectivity index (χ4n) is 1.88. The Bertz CT molecular complexity index is 323. The molecule has 0 aromatic heterocycles. The van der Waals surface area contributed by atoms with Crippen molar-refractivity contribution < 1.29 is 4.74 Å².